The Bertz CT molecular complexity index is 865. The minimum atomic E-state index is -0.178. The standard InChI is InChI=1S/C23H29NO2/c1-12-11-20(24)14(3)21-15(4)23(26-22(12)21)19-10-9-18(13(19)2)16-5-7-17(25)8-6-16/h5,9-11,13-14,17,20,25H,6-8,24H2,1-4H3. The predicted octanol–water partition coefficient (Wildman–Crippen LogP) is 4.87. The van der Waals surface area contributed by atoms with Gasteiger partial charge in [0.25, 0.3) is 0 Å². The Morgan fingerprint density at radius 3 is 2.54 bits per heavy atom. The van der Waals surface area contributed by atoms with Crippen molar-refractivity contribution in [2.45, 2.75) is 65.0 Å². The molecule has 138 valence electrons. The van der Waals surface area contributed by atoms with Crippen LogP contribution in [-0.4, -0.2) is 17.3 Å². The van der Waals surface area contributed by atoms with Crippen LogP contribution in [0.25, 0.3) is 11.1 Å². The van der Waals surface area contributed by atoms with E-state index < -0.39 is 0 Å². The molecule has 0 aromatic carbocycles. The number of hydrogen-bond donors (Lipinski definition) is 2. The first kappa shape index (κ1) is 17.6. The third-order valence-corrected chi connectivity index (χ3v) is 6.42. The van der Waals surface area contributed by atoms with Crippen LogP contribution in [0.15, 0.2) is 39.9 Å². The van der Waals surface area contributed by atoms with Crippen molar-refractivity contribution in [3.05, 3.63) is 58.1 Å². The molecule has 0 spiro atoms. The summed E-state index contributed by atoms with van der Waals surface area (Å²) >= 11 is 0. The molecule has 0 aliphatic heterocycles. The van der Waals surface area contributed by atoms with E-state index in [2.05, 4.69) is 52.0 Å². The summed E-state index contributed by atoms with van der Waals surface area (Å²) < 4.78 is 6.39. The number of allylic oxidation sites excluding steroid dienone is 6. The molecule has 3 aliphatic carbocycles. The van der Waals surface area contributed by atoms with Crippen molar-refractivity contribution in [3.63, 3.8) is 0 Å². The molecule has 0 fully saturated rings. The zero-order valence-corrected chi connectivity index (χ0v) is 16.2. The average Bonchev–Trinajstić information content (AvgIpc) is 3.14. The summed E-state index contributed by atoms with van der Waals surface area (Å²) in [5.74, 6) is 2.61. The Balaban J connectivity index is 1.66. The molecule has 1 aromatic rings. The molecule has 3 heteroatoms. The van der Waals surface area contributed by atoms with E-state index in [4.69, 9.17) is 10.2 Å². The van der Waals surface area contributed by atoms with Crippen LogP contribution in [0.1, 0.15) is 68.6 Å². The summed E-state index contributed by atoms with van der Waals surface area (Å²) in [6.07, 6.45) is 11.2. The lowest BCUT2D eigenvalue weighted by molar-refractivity contribution is 0.163. The molecular formula is C23H29NO2. The highest BCUT2D eigenvalue weighted by molar-refractivity contribution is 5.79. The highest BCUT2D eigenvalue weighted by Gasteiger charge is 2.33. The lowest BCUT2D eigenvalue weighted by atomic mass is 9.82. The fourth-order valence-electron chi connectivity index (χ4n) is 4.72. The number of aliphatic hydroxyl groups is 1. The molecule has 3 N–H and O–H groups in total. The fraction of sp³-hybridized carbons (Fsp3) is 0.478. The van der Waals surface area contributed by atoms with Crippen molar-refractivity contribution in [2.75, 3.05) is 0 Å². The average molecular weight is 351 g/mol. The zero-order chi connectivity index (χ0) is 18.6. The van der Waals surface area contributed by atoms with E-state index in [-0.39, 0.29) is 18.1 Å². The topological polar surface area (TPSA) is 59.4 Å². The minimum absolute atomic E-state index is 0.0501. The van der Waals surface area contributed by atoms with Crippen LogP contribution in [0.4, 0.5) is 0 Å². The molecule has 1 aromatic heterocycles. The van der Waals surface area contributed by atoms with Gasteiger partial charge in [-0.25, -0.2) is 0 Å². The molecule has 0 saturated carbocycles. The normalized spacial score (nSPS) is 31.2. The monoisotopic (exact) mass is 351 g/mol. The molecule has 3 nitrogen and oxygen atoms in total. The molecular weight excluding hydrogens is 322 g/mol. The van der Waals surface area contributed by atoms with E-state index in [0.717, 1.165) is 36.4 Å². The van der Waals surface area contributed by atoms with E-state index in [1.165, 1.54) is 27.8 Å². The molecule has 0 radical (unpaired) electrons. The van der Waals surface area contributed by atoms with Crippen molar-refractivity contribution in [2.24, 2.45) is 11.7 Å². The summed E-state index contributed by atoms with van der Waals surface area (Å²) in [7, 11) is 0. The van der Waals surface area contributed by atoms with Crippen molar-refractivity contribution in [1.29, 1.82) is 0 Å². The molecule has 0 amide bonds. The Hall–Kier alpha value is -1.84. The van der Waals surface area contributed by atoms with Crippen LogP contribution < -0.4 is 5.73 Å². The Morgan fingerprint density at radius 1 is 1.12 bits per heavy atom. The number of rotatable bonds is 2. The molecule has 4 unspecified atom stereocenters. The predicted molar refractivity (Wildman–Crippen MR) is 107 cm³/mol. The summed E-state index contributed by atoms with van der Waals surface area (Å²) in [5, 5.41) is 9.76. The van der Waals surface area contributed by atoms with E-state index >= 15 is 0 Å². The lowest BCUT2D eigenvalue weighted by Crippen LogP contribution is -2.27. The van der Waals surface area contributed by atoms with Crippen LogP contribution in [0.2, 0.25) is 0 Å². The maximum atomic E-state index is 9.76. The molecule has 0 saturated heterocycles. The van der Waals surface area contributed by atoms with E-state index in [0.29, 0.717) is 5.92 Å². The van der Waals surface area contributed by atoms with Gasteiger partial charge in [0, 0.05) is 29.0 Å². The van der Waals surface area contributed by atoms with Gasteiger partial charge in [0.05, 0.1) is 6.10 Å². The molecule has 1 heterocycles. The van der Waals surface area contributed by atoms with Crippen LogP contribution in [0.5, 0.6) is 0 Å². The van der Waals surface area contributed by atoms with Gasteiger partial charge in [-0.3, -0.25) is 0 Å². The molecule has 0 bridgehead atoms. The Morgan fingerprint density at radius 2 is 1.85 bits per heavy atom. The molecule has 4 rings (SSSR count). The van der Waals surface area contributed by atoms with Gasteiger partial charge >= 0.3 is 0 Å². The largest absolute Gasteiger partial charge is 0.456 e. The van der Waals surface area contributed by atoms with Crippen LogP contribution >= 0.6 is 0 Å². The first-order valence-electron chi connectivity index (χ1n) is 9.75. The van der Waals surface area contributed by atoms with Gasteiger partial charge in [-0.15, -0.1) is 0 Å². The summed E-state index contributed by atoms with van der Waals surface area (Å²) in [6, 6.07) is 0.0501. The smallest absolute Gasteiger partial charge is 0.134 e. The minimum Gasteiger partial charge on any atom is -0.456 e. The van der Waals surface area contributed by atoms with Gasteiger partial charge in [-0.1, -0.05) is 38.2 Å². The second kappa shape index (κ2) is 6.40. The highest BCUT2D eigenvalue weighted by atomic mass is 16.3. The highest BCUT2D eigenvalue weighted by Crippen LogP contribution is 2.46. The summed E-state index contributed by atoms with van der Waals surface area (Å²) in [5.41, 5.74) is 14.0. The number of nitrogens with two attached hydrogens (primary N) is 1. The van der Waals surface area contributed by atoms with Gasteiger partial charge in [0.2, 0.25) is 0 Å². The summed E-state index contributed by atoms with van der Waals surface area (Å²) in [6.45, 7) is 8.70. The molecule has 3 aliphatic rings. The number of hydrogen-bond acceptors (Lipinski definition) is 3. The first-order valence-corrected chi connectivity index (χ1v) is 9.75. The molecule has 26 heavy (non-hydrogen) atoms. The van der Waals surface area contributed by atoms with Gasteiger partial charge in [0.15, 0.2) is 0 Å². The number of furan rings is 1. The number of fused-ring (bicyclic) bond motifs is 1. The maximum absolute atomic E-state index is 9.76. The third kappa shape index (κ3) is 2.65. The van der Waals surface area contributed by atoms with Crippen molar-refractivity contribution >= 4 is 11.1 Å². The zero-order valence-electron chi connectivity index (χ0n) is 16.2. The van der Waals surface area contributed by atoms with Gasteiger partial charge in [0.1, 0.15) is 11.5 Å². The van der Waals surface area contributed by atoms with Crippen molar-refractivity contribution < 1.29 is 9.52 Å². The quantitative estimate of drug-likeness (QED) is 0.799. The molecule has 4 atom stereocenters. The van der Waals surface area contributed by atoms with Crippen LogP contribution in [-0.2, 0) is 0 Å². The van der Waals surface area contributed by atoms with Crippen molar-refractivity contribution in [3.8, 4) is 0 Å². The summed E-state index contributed by atoms with van der Waals surface area (Å²) in [4.78, 5) is 0. The second-order valence-corrected chi connectivity index (χ2v) is 8.14. The van der Waals surface area contributed by atoms with Gasteiger partial charge in [-0.2, -0.15) is 0 Å². The van der Waals surface area contributed by atoms with E-state index in [1.54, 1.807) is 0 Å². The lowest BCUT2D eigenvalue weighted by Gasteiger charge is -2.23. The van der Waals surface area contributed by atoms with Gasteiger partial charge < -0.3 is 15.3 Å². The second-order valence-electron chi connectivity index (χ2n) is 8.14. The number of aliphatic hydroxyl groups excluding tert-OH is 1. The maximum Gasteiger partial charge on any atom is 0.134 e. The Kier molecular flexibility index (Phi) is 4.32. The SMILES string of the molecule is CC1=CC(N)C(C)c2c1oc(C1=CC=C(C3=CCC(O)CC3)C1C)c2C. The first-order chi connectivity index (χ1) is 12.4. The van der Waals surface area contributed by atoms with Crippen LogP contribution in [0, 0.1) is 12.8 Å². The van der Waals surface area contributed by atoms with Crippen molar-refractivity contribution in [1.82, 2.24) is 0 Å². The van der Waals surface area contributed by atoms with E-state index in [1.807, 2.05) is 0 Å². The fourth-order valence-corrected chi connectivity index (χ4v) is 4.72. The third-order valence-electron chi connectivity index (χ3n) is 6.42. The van der Waals surface area contributed by atoms with Crippen LogP contribution in [0.3, 0.4) is 0 Å². The van der Waals surface area contributed by atoms with E-state index in [9.17, 15) is 5.11 Å². The van der Waals surface area contributed by atoms with Gasteiger partial charge in [-0.05, 0) is 55.4 Å². The Labute approximate surface area is 156 Å².